The summed E-state index contributed by atoms with van der Waals surface area (Å²) in [6, 6.07) is 14.7. The van der Waals surface area contributed by atoms with Gasteiger partial charge >= 0.3 is 0 Å². The van der Waals surface area contributed by atoms with Gasteiger partial charge in [0.25, 0.3) is 0 Å². The second-order valence-corrected chi connectivity index (χ2v) is 8.15. The number of methoxy groups -OCH3 is 1. The molecule has 0 atom stereocenters. The molecular formula is C23H33N4OS+. The van der Waals surface area contributed by atoms with E-state index in [1.54, 1.807) is 12.0 Å². The molecule has 1 heterocycles. The minimum atomic E-state index is 0.707. The second-order valence-electron chi connectivity index (χ2n) is 7.74. The Balaban J connectivity index is 1.33. The number of thiocarbonyl (C=S) groups is 1. The van der Waals surface area contributed by atoms with Gasteiger partial charge in [-0.25, -0.2) is 0 Å². The predicted octanol–water partition coefficient (Wildman–Crippen LogP) is 2.39. The molecule has 5 nitrogen and oxygen atoms in total. The molecule has 6 heteroatoms. The van der Waals surface area contributed by atoms with Crippen molar-refractivity contribution in [3.05, 3.63) is 53.6 Å². The number of ether oxygens (including phenoxy) is 1. The van der Waals surface area contributed by atoms with E-state index < -0.39 is 0 Å². The fourth-order valence-corrected chi connectivity index (χ4v) is 3.91. The van der Waals surface area contributed by atoms with E-state index in [4.69, 9.17) is 17.0 Å². The molecule has 3 rings (SSSR count). The Labute approximate surface area is 180 Å². The van der Waals surface area contributed by atoms with Crippen molar-refractivity contribution in [1.29, 1.82) is 0 Å². The van der Waals surface area contributed by atoms with Gasteiger partial charge in [-0.2, -0.15) is 0 Å². The number of nitrogens with one attached hydrogen (secondary N) is 3. The van der Waals surface area contributed by atoms with Crippen LogP contribution >= 0.6 is 12.2 Å². The van der Waals surface area contributed by atoms with Gasteiger partial charge in [0.15, 0.2) is 5.11 Å². The van der Waals surface area contributed by atoms with Gasteiger partial charge in [-0.05, 0) is 67.5 Å². The molecule has 0 unspecified atom stereocenters. The third kappa shape index (κ3) is 6.34. The fraction of sp³-hybridized carbons (Fsp3) is 0.435. The molecule has 1 saturated heterocycles. The van der Waals surface area contributed by atoms with E-state index in [1.807, 2.05) is 12.1 Å². The zero-order valence-corrected chi connectivity index (χ0v) is 18.6. The molecule has 0 aromatic heterocycles. The number of anilines is 2. The van der Waals surface area contributed by atoms with E-state index in [2.05, 4.69) is 59.7 Å². The molecule has 0 aliphatic carbocycles. The minimum Gasteiger partial charge on any atom is -0.497 e. The molecule has 0 amide bonds. The van der Waals surface area contributed by atoms with Crippen molar-refractivity contribution in [2.24, 2.45) is 0 Å². The van der Waals surface area contributed by atoms with Crippen LogP contribution in [0.2, 0.25) is 0 Å². The van der Waals surface area contributed by atoms with Gasteiger partial charge in [-0.15, -0.1) is 0 Å². The van der Waals surface area contributed by atoms with Crippen molar-refractivity contribution < 1.29 is 9.64 Å². The number of hydrogen-bond acceptors (Lipinski definition) is 3. The zero-order valence-electron chi connectivity index (χ0n) is 17.8. The molecule has 1 aliphatic rings. The summed E-state index contributed by atoms with van der Waals surface area (Å²) >= 11 is 5.45. The monoisotopic (exact) mass is 413 g/mol. The van der Waals surface area contributed by atoms with Crippen LogP contribution in [-0.4, -0.2) is 51.5 Å². The minimum absolute atomic E-state index is 0.707. The number of benzene rings is 2. The molecule has 1 aliphatic heterocycles. The Kier molecular flexibility index (Phi) is 7.72. The zero-order chi connectivity index (χ0) is 20.6. The van der Waals surface area contributed by atoms with Gasteiger partial charge in [-0.1, -0.05) is 12.1 Å². The van der Waals surface area contributed by atoms with Crippen LogP contribution in [-0.2, 0) is 0 Å². The lowest BCUT2D eigenvalue weighted by atomic mass is 10.1. The summed E-state index contributed by atoms with van der Waals surface area (Å²) in [7, 11) is 1.71. The van der Waals surface area contributed by atoms with Gasteiger partial charge in [0.05, 0.1) is 39.8 Å². The smallest absolute Gasteiger partial charge is 0.170 e. The lowest BCUT2D eigenvalue weighted by Crippen LogP contribution is -3.15. The number of nitrogens with zero attached hydrogens (tertiary/aromatic N) is 1. The second kappa shape index (κ2) is 10.5. The molecule has 2 aromatic carbocycles. The molecule has 29 heavy (non-hydrogen) atoms. The molecule has 0 bridgehead atoms. The third-order valence-corrected chi connectivity index (χ3v) is 5.79. The molecule has 0 spiro atoms. The lowest BCUT2D eigenvalue weighted by molar-refractivity contribution is -0.900. The number of piperazine rings is 1. The maximum atomic E-state index is 5.45. The molecule has 3 N–H and O–H groups in total. The van der Waals surface area contributed by atoms with Crippen molar-refractivity contribution in [3.63, 3.8) is 0 Å². The fourth-order valence-electron chi connectivity index (χ4n) is 3.70. The number of aryl methyl sites for hydroxylation is 2. The van der Waals surface area contributed by atoms with Crippen molar-refractivity contribution >= 4 is 28.7 Å². The summed E-state index contributed by atoms with van der Waals surface area (Å²) in [6.07, 6.45) is 1.12. The van der Waals surface area contributed by atoms with Crippen LogP contribution < -0.4 is 25.2 Å². The Morgan fingerprint density at radius 2 is 1.83 bits per heavy atom. The quantitative estimate of drug-likeness (QED) is 0.480. The SMILES string of the molecule is COc1ccc(N2CC[NH+](CCCNC(=S)Nc3cc(C)ccc3C)CC2)cc1. The van der Waals surface area contributed by atoms with Crippen molar-refractivity contribution in [2.75, 3.05) is 56.6 Å². The highest BCUT2D eigenvalue weighted by atomic mass is 32.1. The number of rotatable bonds is 7. The van der Waals surface area contributed by atoms with Crippen LogP contribution in [0.25, 0.3) is 0 Å². The average Bonchev–Trinajstić information content (AvgIpc) is 2.74. The normalized spacial score (nSPS) is 14.5. The van der Waals surface area contributed by atoms with Gasteiger partial charge < -0.3 is 25.2 Å². The molecule has 156 valence electrons. The van der Waals surface area contributed by atoms with Crippen molar-refractivity contribution in [3.8, 4) is 5.75 Å². The lowest BCUT2D eigenvalue weighted by Gasteiger charge is -2.33. The van der Waals surface area contributed by atoms with Gasteiger partial charge in [0.1, 0.15) is 5.75 Å². The predicted molar refractivity (Wildman–Crippen MR) is 126 cm³/mol. The van der Waals surface area contributed by atoms with Crippen LogP contribution in [0.1, 0.15) is 17.5 Å². The van der Waals surface area contributed by atoms with E-state index in [0.717, 1.165) is 37.5 Å². The molecular weight excluding hydrogens is 380 g/mol. The third-order valence-electron chi connectivity index (χ3n) is 5.54. The van der Waals surface area contributed by atoms with E-state index >= 15 is 0 Å². The summed E-state index contributed by atoms with van der Waals surface area (Å²) < 4.78 is 5.25. The summed E-state index contributed by atoms with van der Waals surface area (Å²) in [6.45, 7) is 10.8. The van der Waals surface area contributed by atoms with E-state index in [9.17, 15) is 0 Å². The van der Waals surface area contributed by atoms with Crippen molar-refractivity contribution in [2.45, 2.75) is 20.3 Å². The van der Waals surface area contributed by atoms with E-state index in [1.165, 1.54) is 36.4 Å². The van der Waals surface area contributed by atoms with Gasteiger partial charge in [-0.3, -0.25) is 0 Å². The first-order valence-corrected chi connectivity index (χ1v) is 10.8. The number of hydrogen-bond donors (Lipinski definition) is 3. The van der Waals surface area contributed by atoms with Crippen LogP contribution in [0.15, 0.2) is 42.5 Å². The first kappa shape index (κ1) is 21.4. The summed E-state index contributed by atoms with van der Waals surface area (Å²) in [5.74, 6) is 0.912. The van der Waals surface area contributed by atoms with E-state index in [0.29, 0.717) is 5.11 Å². The highest BCUT2D eigenvalue weighted by Crippen LogP contribution is 2.19. The number of quaternary nitrogens is 1. The van der Waals surface area contributed by atoms with Crippen molar-refractivity contribution in [1.82, 2.24) is 5.32 Å². The van der Waals surface area contributed by atoms with E-state index in [-0.39, 0.29) is 0 Å². The maximum Gasteiger partial charge on any atom is 0.170 e. The Bertz CT molecular complexity index is 801. The summed E-state index contributed by atoms with van der Waals surface area (Å²) in [4.78, 5) is 4.13. The highest BCUT2D eigenvalue weighted by Gasteiger charge is 2.19. The molecule has 2 aromatic rings. The first-order chi connectivity index (χ1) is 14.0. The van der Waals surface area contributed by atoms with Crippen LogP contribution in [0.4, 0.5) is 11.4 Å². The van der Waals surface area contributed by atoms with Gasteiger partial charge in [0.2, 0.25) is 0 Å². The maximum absolute atomic E-state index is 5.45. The Morgan fingerprint density at radius 1 is 1.10 bits per heavy atom. The van der Waals surface area contributed by atoms with Crippen LogP contribution in [0.3, 0.4) is 0 Å². The largest absolute Gasteiger partial charge is 0.497 e. The summed E-state index contributed by atoms with van der Waals surface area (Å²) in [5, 5.41) is 7.37. The molecule has 0 radical (unpaired) electrons. The molecule has 0 saturated carbocycles. The Hall–Kier alpha value is -2.31. The Morgan fingerprint density at radius 3 is 2.52 bits per heavy atom. The highest BCUT2D eigenvalue weighted by molar-refractivity contribution is 7.80. The van der Waals surface area contributed by atoms with Gasteiger partial charge in [0, 0.05) is 24.3 Å². The summed E-state index contributed by atoms with van der Waals surface area (Å²) in [5.41, 5.74) is 4.81. The first-order valence-electron chi connectivity index (χ1n) is 10.4. The van der Waals surface area contributed by atoms with Crippen LogP contribution in [0, 0.1) is 13.8 Å². The topological polar surface area (TPSA) is 41.0 Å². The standard InChI is InChI=1S/C23H32N4OS/c1-18-5-6-19(2)22(17-18)25-23(29)24-11-4-12-26-13-15-27(16-14-26)20-7-9-21(28-3)10-8-20/h5-10,17H,4,11-16H2,1-3H3,(H2,24,25,29)/p+1. The molecule has 1 fully saturated rings. The average molecular weight is 414 g/mol. The van der Waals surface area contributed by atoms with Crippen LogP contribution in [0.5, 0.6) is 5.75 Å².